The fourth-order valence-corrected chi connectivity index (χ4v) is 2.93. The summed E-state index contributed by atoms with van der Waals surface area (Å²) in [5, 5.41) is 6.32. The fourth-order valence-electron chi connectivity index (χ4n) is 2.93. The van der Waals surface area contributed by atoms with Crippen LogP contribution in [0.4, 0.5) is 5.69 Å². The molecule has 28 heavy (non-hydrogen) atoms. The van der Waals surface area contributed by atoms with E-state index in [9.17, 15) is 4.79 Å². The van der Waals surface area contributed by atoms with Crippen LogP contribution < -0.4 is 20.1 Å². The number of carbonyl (C=O) groups is 1. The molecule has 2 N–H and O–H groups in total. The lowest BCUT2D eigenvalue weighted by Crippen LogP contribution is -2.32. The summed E-state index contributed by atoms with van der Waals surface area (Å²) >= 11 is 0. The van der Waals surface area contributed by atoms with Crippen molar-refractivity contribution in [2.75, 3.05) is 19.5 Å². The maximum absolute atomic E-state index is 13.0. The van der Waals surface area contributed by atoms with Gasteiger partial charge in [-0.2, -0.15) is 0 Å². The lowest BCUT2D eigenvalue weighted by molar-refractivity contribution is -0.118. The van der Waals surface area contributed by atoms with Gasteiger partial charge in [0.25, 0.3) is 0 Å². The standard InChI is InChI=1S/C23H24N2O3/c1-27-20-12-6-8-17(14-20)16-24-22(18-9-4-3-5-10-18)23(26)25-19-11-7-13-21(15-19)28-2/h3-15,22,24H,16H2,1-2H3,(H,25,26)/t22-/m1/s1. The van der Waals surface area contributed by atoms with Gasteiger partial charge in [-0.1, -0.05) is 48.5 Å². The van der Waals surface area contributed by atoms with Crippen LogP contribution in [-0.2, 0) is 11.3 Å². The van der Waals surface area contributed by atoms with Gasteiger partial charge in [0.15, 0.2) is 0 Å². The first-order chi connectivity index (χ1) is 13.7. The molecule has 3 rings (SSSR count). The number of rotatable bonds is 8. The normalized spacial score (nSPS) is 11.5. The van der Waals surface area contributed by atoms with Gasteiger partial charge in [-0.15, -0.1) is 0 Å². The van der Waals surface area contributed by atoms with E-state index >= 15 is 0 Å². The first-order valence-corrected chi connectivity index (χ1v) is 9.06. The molecule has 144 valence electrons. The van der Waals surface area contributed by atoms with Gasteiger partial charge in [0, 0.05) is 18.3 Å². The third-order valence-electron chi connectivity index (χ3n) is 4.38. The van der Waals surface area contributed by atoms with E-state index in [2.05, 4.69) is 10.6 Å². The molecule has 3 aromatic rings. The Labute approximate surface area is 165 Å². The van der Waals surface area contributed by atoms with Gasteiger partial charge in [-0.25, -0.2) is 0 Å². The SMILES string of the molecule is COc1cccc(CN[C@@H](C(=O)Nc2cccc(OC)c2)c2ccccc2)c1. The number of ether oxygens (including phenoxy) is 2. The average molecular weight is 376 g/mol. The molecule has 3 aromatic carbocycles. The average Bonchev–Trinajstić information content (AvgIpc) is 2.75. The molecule has 1 atom stereocenters. The van der Waals surface area contributed by atoms with Gasteiger partial charge in [-0.3, -0.25) is 10.1 Å². The van der Waals surface area contributed by atoms with Crippen LogP contribution in [0.15, 0.2) is 78.9 Å². The Hall–Kier alpha value is -3.31. The number of nitrogens with one attached hydrogen (secondary N) is 2. The molecule has 5 nitrogen and oxygen atoms in total. The summed E-state index contributed by atoms with van der Waals surface area (Å²) in [6.07, 6.45) is 0. The Bertz CT molecular complexity index is 912. The molecule has 0 bridgehead atoms. The third kappa shape index (κ3) is 5.11. The zero-order chi connectivity index (χ0) is 19.8. The highest BCUT2D eigenvalue weighted by Gasteiger charge is 2.20. The van der Waals surface area contributed by atoms with Crippen LogP contribution in [0.2, 0.25) is 0 Å². The Morgan fingerprint density at radius 3 is 2.25 bits per heavy atom. The number of benzene rings is 3. The summed E-state index contributed by atoms with van der Waals surface area (Å²) in [4.78, 5) is 13.0. The Balaban J connectivity index is 1.77. The van der Waals surface area contributed by atoms with Crippen molar-refractivity contribution in [3.8, 4) is 11.5 Å². The van der Waals surface area contributed by atoms with Crippen LogP contribution in [0.25, 0.3) is 0 Å². The van der Waals surface area contributed by atoms with Crippen molar-refractivity contribution in [2.24, 2.45) is 0 Å². The van der Waals surface area contributed by atoms with Crippen molar-refractivity contribution in [2.45, 2.75) is 12.6 Å². The second-order valence-corrected chi connectivity index (χ2v) is 6.30. The topological polar surface area (TPSA) is 59.6 Å². The van der Waals surface area contributed by atoms with Gasteiger partial charge in [0.2, 0.25) is 5.91 Å². The van der Waals surface area contributed by atoms with Crippen LogP contribution in [0.3, 0.4) is 0 Å². The molecule has 5 heteroatoms. The molecule has 0 aliphatic rings. The van der Waals surface area contributed by atoms with Crippen LogP contribution in [-0.4, -0.2) is 20.1 Å². The maximum atomic E-state index is 13.0. The number of methoxy groups -OCH3 is 2. The molecule has 1 amide bonds. The molecular formula is C23H24N2O3. The highest BCUT2D eigenvalue weighted by Crippen LogP contribution is 2.21. The van der Waals surface area contributed by atoms with E-state index in [1.54, 1.807) is 20.3 Å². The second kappa shape index (κ2) is 9.58. The predicted octanol–water partition coefficient (Wildman–Crippen LogP) is 4.17. The van der Waals surface area contributed by atoms with Crippen molar-refractivity contribution in [1.29, 1.82) is 0 Å². The molecule has 0 spiro atoms. The number of carbonyl (C=O) groups excluding carboxylic acids is 1. The van der Waals surface area contributed by atoms with Crippen LogP contribution in [0, 0.1) is 0 Å². The minimum absolute atomic E-state index is 0.137. The summed E-state index contributed by atoms with van der Waals surface area (Å²) in [7, 11) is 3.24. The van der Waals surface area contributed by atoms with E-state index < -0.39 is 6.04 Å². The van der Waals surface area contributed by atoms with E-state index in [-0.39, 0.29) is 5.91 Å². The number of hydrogen-bond acceptors (Lipinski definition) is 4. The Morgan fingerprint density at radius 2 is 1.54 bits per heavy atom. The lowest BCUT2D eigenvalue weighted by atomic mass is 10.1. The van der Waals surface area contributed by atoms with E-state index in [4.69, 9.17) is 9.47 Å². The summed E-state index contributed by atoms with van der Waals surface area (Å²) in [6, 6.07) is 24.3. The monoisotopic (exact) mass is 376 g/mol. The Kier molecular flexibility index (Phi) is 6.65. The maximum Gasteiger partial charge on any atom is 0.246 e. The van der Waals surface area contributed by atoms with Crippen LogP contribution in [0.1, 0.15) is 17.2 Å². The van der Waals surface area contributed by atoms with Gasteiger partial charge in [-0.05, 0) is 35.4 Å². The van der Waals surface area contributed by atoms with Crippen molar-refractivity contribution < 1.29 is 14.3 Å². The molecule has 0 fully saturated rings. The molecule has 0 heterocycles. The lowest BCUT2D eigenvalue weighted by Gasteiger charge is -2.19. The zero-order valence-electron chi connectivity index (χ0n) is 16.0. The first kappa shape index (κ1) is 19.5. The molecule has 0 aromatic heterocycles. The summed E-state index contributed by atoms with van der Waals surface area (Å²) in [5.41, 5.74) is 2.62. The minimum Gasteiger partial charge on any atom is -0.497 e. The van der Waals surface area contributed by atoms with Crippen molar-refractivity contribution in [3.63, 3.8) is 0 Å². The summed E-state index contributed by atoms with van der Waals surface area (Å²) < 4.78 is 10.5. The molecule has 0 aliphatic heterocycles. The fraction of sp³-hybridized carbons (Fsp3) is 0.174. The smallest absolute Gasteiger partial charge is 0.246 e. The van der Waals surface area contributed by atoms with Gasteiger partial charge in [0.1, 0.15) is 17.5 Å². The van der Waals surface area contributed by atoms with Crippen LogP contribution in [0.5, 0.6) is 11.5 Å². The molecule has 0 aliphatic carbocycles. The number of anilines is 1. The quantitative estimate of drug-likeness (QED) is 0.619. The third-order valence-corrected chi connectivity index (χ3v) is 4.38. The molecule has 0 saturated carbocycles. The van der Waals surface area contributed by atoms with E-state index in [1.165, 1.54) is 0 Å². The molecule has 0 radical (unpaired) electrons. The van der Waals surface area contributed by atoms with Gasteiger partial charge >= 0.3 is 0 Å². The molecule has 0 unspecified atom stereocenters. The highest BCUT2D eigenvalue weighted by atomic mass is 16.5. The van der Waals surface area contributed by atoms with E-state index in [0.29, 0.717) is 18.0 Å². The summed E-state index contributed by atoms with van der Waals surface area (Å²) in [6.45, 7) is 0.530. The zero-order valence-corrected chi connectivity index (χ0v) is 16.0. The minimum atomic E-state index is -0.501. The second-order valence-electron chi connectivity index (χ2n) is 6.30. The summed E-state index contributed by atoms with van der Waals surface area (Å²) in [5.74, 6) is 1.34. The number of hydrogen-bond donors (Lipinski definition) is 2. The molecular weight excluding hydrogens is 352 g/mol. The first-order valence-electron chi connectivity index (χ1n) is 9.06. The van der Waals surface area contributed by atoms with Crippen molar-refractivity contribution in [1.82, 2.24) is 5.32 Å². The van der Waals surface area contributed by atoms with Gasteiger partial charge < -0.3 is 14.8 Å². The number of amides is 1. The van der Waals surface area contributed by atoms with Crippen molar-refractivity contribution >= 4 is 11.6 Å². The Morgan fingerprint density at radius 1 is 0.857 bits per heavy atom. The predicted molar refractivity (Wildman–Crippen MR) is 111 cm³/mol. The molecule has 0 saturated heterocycles. The van der Waals surface area contributed by atoms with E-state index in [1.807, 2.05) is 72.8 Å². The van der Waals surface area contributed by atoms with Crippen LogP contribution >= 0.6 is 0 Å². The van der Waals surface area contributed by atoms with Gasteiger partial charge in [0.05, 0.1) is 14.2 Å². The van der Waals surface area contributed by atoms with E-state index in [0.717, 1.165) is 16.9 Å². The highest BCUT2D eigenvalue weighted by molar-refractivity contribution is 5.95. The largest absolute Gasteiger partial charge is 0.497 e. The van der Waals surface area contributed by atoms with Crippen molar-refractivity contribution in [3.05, 3.63) is 90.0 Å².